The number of nitrogens with zero attached hydrogens (tertiary/aromatic N) is 2. The van der Waals surface area contributed by atoms with Crippen molar-refractivity contribution in [2.45, 2.75) is 45.4 Å². The van der Waals surface area contributed by atoms with Gasteiger partial charge in [0.1, 0.15) is 5.60 Å². The molecular formula is C24H32Cl2N4O3. The van der Waals surface area contributed by atoms with Crippen molar-refractivity contribution in [2.75, 3.05) is 42.2 Å². The molecule has 1 heterocycles. The predicted octanol–water partition coefficient (Wildman–Crippen LogP) is 5.17. The molecule has 9 heteroatoms. The lowest BCUT2D eigenvalue weighted by molar-refractivity contribution is 0.00704. The number of nitrogens with one attached hydrogen (secondary N) is 1. The fourth-order valence-corrected chi connectivity index (χ4v) is 4.41. The van der Waals surface area contributed by atoms with Crippen molar-refractivity contribution in [1.29, 1.82) is 0 Å². The predicted molar refractivity (Wildman–Crippen MR) is 135 cm³/mol. The standard InChI is InChI=1S/C24H32Cl2N4O3/c1-15(19-7-5-16(25)11-20(19)26)28-22-12-17(6-8-21(22)27)29-9-10-30(18(13-29)14-31)23(32)33-24(2,3)4/h5-8,11-12,15,18,28,31H,9-10,13-14,27H2,1-4H3/t15-,18?/m1/s1. The number of rotatable bonds is 5. The highest BCUT2D eigenvalue weighted by atomic mass is 35.5. The van der Waals surface area contributed by atoms with E-state index in [4.69, 9.17) is 33.7 Å². The Morgan fingerprint density at radius 3 is 2.61 bits per heavy atom. The van der Waals surface area contributed by atoms with Gasteiger partial charge in [0.2, 0.25) is 0 Å². The third kappa shape index (κ3) is 6.37. The number of benzene rings is 2. The average molecular weight is 495 g/mol. The van der Waals surface area contributed by atoms with Gasteiger partial charge in [0.05, 0.1) is 30.1 Å². The van der Waals surface area contributed by atoms with Crippen LogP contribution in [-0.2, 0) is 4.74 Å². The molecule has 2 atom stereocenters. The molecule has 180 valence electrons. The van der Waals surface area contributed by atoms with E-state index in [0.717, 1.165) is 16.9 Å². The van der Waals surface area contributed by atoms with E-state index in [1.807, 2.05) is 52.0 Å². The highest BCUT2D eigenvalue weighted by Crippen LogP contribution is 2.33. The Balaban J connectivity index is 1.74. The molecule has 0 aliphatic carbocycles. The Morgan fingerprint density at radius 2 is 1.97 bits per heavy atom. The lowest BCUT2D eigenvalue weighted by Crippen LogP contribution is -2.57. The normalized spacial score (nSPS) is 17.6. The SMILES string of the molecule is C[C@@H](Nc1cc(N2CCN(C(=O)OC(C)(C)C)C(CO)C2)ccc1N)c1ccc(Cl)cc1Cl. The first-order valence-electron chi connectivity index (χ1n) is 10.9. The maximum atomic E-state index is 12.6. The summed E-state index contributed by atoms with van der Waals surface area (Å²) in [7, 11) is 0. The highest BCUT2D eigenvalue weighted by molar-refractivity contribution is 6.35. The fraction of sp³-hybridized carbons (Fsp3) is 0.458. The van der Waals surface area contributed by atoms with E-state index in [1.165, 1.54) is 0 Å². The second-order valence-corrected chi connectivity index (χ2v) is 10.1. The second-order valence-electron chi connectivity index (χ2n) is 9.26. The number of halogens is 2. The molecule has 33 heavy (non-hydrogen) atoms. The summed E-state index contributed by atoms with van der Waals surface area (Å²) in [6.07, 6.45) is -0.408. The highest BCUT2D eigenvalue weighted by Gasteiger charge is 2.33. The minimum Gasteiger partial charge on any atom is -0.444 e. The third-order valence-electron chi connectivity index (χ3n) is 5.52. The van der Waals surface area contributed by atoms with Gasteiger partial charge < -0.3 is 25.8 Å². The molecule has 1 aliphatic rings. The molecule has 0 saturated carbocycles. The van der Waals surface area contributed by atoms with Crippen molar-refractivity contribution in [3.8, 4) is 0 Å². The van der Waals surface area contributed by atoms with Gasteiger partial charge in [-0.05, 0) is 63.6 Å². The number of hydrogen-bond donors (Lipinski definition) is 3. The molecule has 0 aromatic heterocycles. The summed E-state index contributed by atoms with van der Waals surface area (Å²) in [5.41, 5.74) is 8.90. The molecule has 1 amide bonds. The van der Waals surface area contributed by atoms with Crippen LogP contribution in [0, 0.1) is 0 Å². The van der Waals surface area contributed by atoms with Crippen molar-refractivity contribution in [1.82, 2.24) is 4.90 Å². The number of piperazine rings is 1. The van der Waals surface area contributed by atoms with Crippen molar-refractivity contribution >= 4 is 46.4 Å². The van der Waals surface area contributed by atoms with Gasteiger partial charge in [-0.15, -0.1) is 0 Å². The Labute approximate surface area is 205 Å². The smallest absolute Gasteiger partial charge is 0.410 e. The zero-order chi connectivity index (χ0) is 24.3. The van der Waals surface area contributed by atoms with E-state index in [-0.39, 0.29) is 18.7 Å². The molecule has 2 aromatic rings. The molecule has 1 aliphatic heterocycles. The van der Waals surface area contributed by atoms with Crippen LogP contribution in [-0.4, -0.2) is 54.0 Å². The van der Waals surface area contributed by atoms with E-state index in [1.54, 1.807) is 17.0 Å². The first-order chi connectivity index (χ1) is 15.5. The maximum Gasteiger partial charge on any atom is 0.410 e. The van der Waals surface area contributed by atoms with Crippen LogP contribution >= 0.6 is 23.2 Å². The Hall–Kier alpha value is -2.35. The third-order valence-corrected chi connectivity index (χ3v) is 6.09. The van der Waals surface area contributed by atoms with E-state index in [0.29, 0.717) is 35.4 Å². The quantitative estimate of drug-likeness (QED) is 0.496. The summed E-state index contributed by atoms with van der Waals surface area (Å²) in [5, 5.41) is 14.5. The largest absolute Gasteiger partial charge is 0.444 e. The van der Waals surface area contributed by atoms with Crippen LogP contribution in [0.1, 0.15) is 39.3 Å². The molecule has 2 aromatic carbocycles. The Kier molecular flexibility index (Phi) is 7.88. The number of carbonyl (C=O) groups excluding carboxylic acids is 1. The van der Waals surface area contributed by atoms with Gasteiger partial charge in [-0.1, -0.05) is 29.3 Å². The van der Waals surface area contributed by atoms with Gasteiger partial charge in [0, 0.05) is 35.4 Å². The van der Waals surface area contributed by atoms with E-state index in [2.05, 4.69) is 10.2 Å². The zero-order valence-corrected chi connectivity index (χ0v) is 21.0. The molecule has 1 unspecified atom stereocenters. The number of anilines is 3. The maximum absolute atomic E-state index is 12.6. The number of carbonyl (C=O) groups is 1. The second kappa shape index (κ2) is 10.3. The summed E-state index contributed by atoms with van der Waals surface area (Å²) >= 11 is 12.4. The minimum absolute atomic E-state index is 0.0958. The Bertz CT molecular complexity index is 996. The van der Waals surface area contributed by atoms with Crippen LogP contribution in [0.15, 0.2) is 36.4 Å². The topological polar surface area (TPSA) is 91.1 Å². The van der Waals surface area contributed by atoms with Gasteiger partial charge in [0.25, 0.3) is 0 Å². The number of aliphatic hydroxyl groups is 1. The van der Waals surface area contributed by atoms with Gasteiger partial charge in [-0.2, -0.15) is 0 Å². The van der Waals surface area contributed by atoms with Gasteiger partial charge >= 0.3 is 6.09 Å². The van der Waals surface area contributed by atoms with Crippen LogP contribution in [0.2, 0.25) is 10.0 Å². The number of aliphatic hydroxyl groups excluding tert-OH is 1. The zero-order valence-electron chi connectivity index (χ0n) is 19.4. The van der Waals surface area contributed by atoms with E-state index < -0.39 is 11.7 Å². The van der Waals surface area contributed by atoms with Gasteiger partial charge in [-0.3, -0.25) is 4.90 Å². The summed E-state index contributed by atoms with van der Waals surface area (Å²) < 4.78 is 5.50. The van der Waals surface area contributed by atoms with Crippen molar-refractivity contribution in [3.63, 3.8) is 0 Å². The van der Waals surface area contributed by atoms with Crippen LogP contribution in [0.4, 0.5) is 21.9 Å². The minimum atomic E-state index is -0.588. The number of nitrogen functional groups attached to an aromatic ring is 1. The molecule has 3 rings (SSSR count). The molecular weight excluding hydrogens is 463 g/mol. The van der Waals surface area contributed by atoms with Gasteiger partial charge in [-0.25, -0.2) is 4.79 Å². The lowest BCUT2D eigenvalue weighted by Gasteiger charge is -2.42. The van der Waals surface area contributed by atoms with Gasteiger partial charge in [0.15, 0.2) is 0 Å². The summed E-state index contributed by atoms with van der Waals surface area (Å²) in [5.74, 6) is 0. The summed E-state index contributed by atoms with van der Waals surface area (Å²) in [6, 6.07) is 10.7. The van der Waals surface area contributed by atoms with E-state index in [9.17, 15) is 9.90 Å². The molecule has 0 bridgehead atoms. The molecule has 0 spiro atoms. The van der Waals surface area contributed by atoms with Crippen molar-refractivity contribution < 1.29 is 14.6 Å². The summed E-state index contributed by atoms with van der Waals surface area (Å²) in [4.78, 5) is 16.3. The Morgan fingerprint density at radius 1 is 1.24 bits per heavy atom. The van der Waals surface area contributed by atoms with Crippen LogP contribution in [0.5, 0.6) is 0 Å². The lowest BCUT2D eigenvalue weighted by atomic mass is 10.1. The molecule has 1 fully saturated rings. The fourth-order valence-electron chi connectivity index (χ4n) is 3.84. The number of hydrogen-bond acceptors (Lipinski definition) is 6. The first kappa shape index (κ1) is 25.3. The molecule has 7 nitrogen and oxygen atoms in total. The van der Waals surface area contributed by atoms with Crippen molar-refractivity contribution in [3.05, 3.63) is 52.0 Å². The van der Waals surface area contributed by atoms with Crippen LogP contribution in [0.25, 0.3) is 0 Å². The monoisotopic (exact) mass is 494 g/mol. The number of nitrogens with two attached hydrogens (primary N) is 1. The van der Waals surface area contributed by atoms with Crippen LogP contribution in [0.3, 0.4) is 0 Å². The number of amides is 1. The molecule has 4 N–H and O–H groups in total. The molecule has 0 radical (unpaired) electrons. The van der Waals surface area contributed by atoms with E-state index >= 15 is 0 Å². The van der Waals surface area contributed by atoms with Crippen molar-refractivity contribution in [2.24, 2.45) is 0 Å². The average Bonchev–Trinajstić information content (AvgIpc) is 2.73. The first-order valence-corrected chi connectivity index (χ1v) is 11.7. The summed E-state index contributed by atoms with van der Waals surface area (Å²) in [6.45, 7) is 8.88. The molecule has 1 saturated heterocycles. The number of ether oxygens (including phenoxy) is 1. The van der Waals surface area contributed by atoms with Crippen LogP contribution < -0.4 is 16.0 Å².